The normalized spacial score (nSPS) is 16.5. The van der Waals surface area contributed by atoms with Crippen molar-refractivity contribution in [3.8, 4) is 11.8 Å². The number of hydrogen-bond donors (Lipinski definition) is 1. The predicted molar refractivity (Wildman–Crippen MR) is 92.1 cm³/mol. The third kappa shape index (κ3) is 3.49. The van der Waals surface area contributed by atoms with Gasteiger partial charge < -0.3 is 15.0 Å². The molecule has 2 aromatic carbocycles. The molecule has 1 atom stereocenters. The lowest BCUT2D eigenvalue weighted by molar-refractivity contribution is 0.222. The minimum absolute atomic E-state index is 0.124. The van der Waals surface area contributed by atoms with E-state index in [0.717, 1.165) is 18.7 Å². The molecule has 1 aliphatic heterocycles. The highest BCUT2D eigenvalue weighted by Gasteiger charge is 2.27. The summed E-state index contributed by atoms with van der Waals surface area (Å²) in [5, 5.41) is 11.8. The molecule has 0 aliphatic carbocycles. The second kappa shape index (κ2) is 7.05. The molecular formula is C19H19N3O2. The maximum atomic E-state index is 12.4. The molecule has 2 amide bonds. The molecule has 24 heavy (non-hydrogen) atoms. The first-order valence-corrected chi connectivity index (χ1v) is 7.89. The molecule has 3 rings (SSSR count). The Hall–Kier alpha value is -3.00. The van der Waals surface area contributed by atoms with Gasteiger partial charge in [-0.15, -0.1) is 0 Å². The number of nitriles is 1. The monoisotopic (exact) mass is 321 g/mol. The smallest absolute Gasteiger partial charge is 0.321 e. The Kier molecular flexibility index (Phi) is 4.66. The minimum Gasteiger partial charge on any atom is -0.497 e. The Balaban J connectivity index is 1.62. The van der Waals surface area contributed by atoms with Gasteiger partial charge in [-0.25, -0.2) is 4.79 Å². The summed E-state index contributed by atoms with van der Waals surface area (Å²) in [7, 11) is 1.65. The Morgan fingerprint density at radius 3 is 2.79 bits per heavy atom. The lowest BCUT2D eigenvalue weighted by atomic mass is 9.98. The van der Waals surface area contributed by atoms with Crippen LogP contribution < -0.4 is 10.1 Å². The van der Waals surface area contributed by atoms with Crippen molar-refractivity contribution in [1.82, 2.24) is 4.90 Å². The molecular weight excluding hydrogens is 302 g/mol. The molecule has 1 fully saturated rings. The zero-order chi connectivity index (χ0) is 16.9. The molecule has 1 N–H and O–H groups in total. The lowest BCUT2D eigenvalue weighted by Crippen LogP contribution is -2.32. The second-order valence-electron chi connectivity index (χ2n) is 5.83. The van der Waals surface area contributed by atoms with Gasteiger partial charge in [0.2, 0.25) is 0 Å². The van der Waals surface area contributed by atoms with E-state index in [4.69, 9.17) is 10.00 Å². The summed E-state index contributed by atoms with van der Waals surface area (Å²) in [5.74, 6) is 1.18. The van der Waals surface area contributed by atoms with Gasteiger partial charge in [-0.05, 0) is 42.3 Å². The lowest BCUT2D eigenvalue weighted by Gasteiger charge is -2.18. The van der Waals surface area contributed by atoms with Crippen LogP contribution in [0.3, 0.4) is 0 Å². The number of rotatable bonds is 3. The molecule has 5 nitrogen and oxygen atoms in total. The van der Waals surface area contributed by atoms with Crippen molar-refractivity contribution < 1.29 is 9.53 Å². The Bertz CT molecular complexity index is 765. The molecule has 0 aromatic heterocycles. The van der Waals surface area contributed by atoms with Crippen LogP contribution in [0.2, 0.25) is 0 Å². The molecule has 1 unspecified atom stereocenters. The highest BCUT2D eigenvalue weighted by atomic mass is 16.5. The van der Waals surface area contributed by atoms with Gasteiger partial charge in [-0.3, -0.25) is 0 Å². The Morgan fingerprint density at radius 2 is 2.08 bits per heavy atom. The highest BCUT2D eigenvalue weighted by Crippen LogP contribution is 2.28. The van der Waals surface area contributed by atoms with E-state index >= 15 is 0 Å². The number of nitrogens with one attached hydrogen (secondary N) is 1. The van der Waals surface area contributed by atoms with Crippen molar-refractivity contribution in [2.45, 2.75) is 12.3 Å². The van der Waals surface area contributed by atoms with Crippen LogP contribution in [-0.2, 0) is 0 Å². The molecule has 5 heteroatoms. The number of urea groups is 1. The molecule has 0 bridgehead atoms. The fourth-order valence-electron chi connectivity index (χ4n) is 2.96. The predicted octanol–water partition coefficient (Wildman–Crippen LogP) is 3.59. The maximum Gasteiger partial charge on any atom is 0.321 e. The van der Waals surface area contributed by atoms with Crippen molar-refractivity contribution in [3.63, 3.8) is 0 Å². The number of anilines is 1. The number of carbonyl (C=O) groups excluding carboxylic acids is 1. The van der Waals surface area contributed by atoms with Gasteiger partial charge in [-0.1, -0.05) is 18.2 Å². The zero-order valence-corrected chi connectivity index (χ0v) is 13.5. The molecule has 122 valence electrons. The quantitative estimate of drug-likeness (QED) is 0.939. The van der Waals surface area contributed by atoms with Crippen LogP contribution in [0.15, 0.2) is 48.5 Å². The van der Waals surface area contributed by atoms with Gasteiger partial charge in [0, 0.05) is 24.7 Å². The first-order chi connectivity index (χ1) is 11.7. The molecule has 0 saturated carbocycles. The van der Waals surface area contributed by atoms with Crippen LogP contribution in [0, 0.1) is 11.3 Å². The van der Waals surface area contributed by atoms with E-state index in [1.54, 1.807) is 31.4 Å². The second-order valence-corrected chi connectivity index (χ2v) is 5.83. The third-order valence-corrected chi connectivity index (χ3v) is 4.31. The third-order valence-electron chi connectivity index (χ3n) is 4.31. The van der Waals surface area contributed by atoms with E-state index < -0.39 is 0 Å². The fourth-order valence-corrected chi connectivity index (χ4v) is 2.96. The number of hydrogen-bond acceptors (Lipinski definition) is 3. The Morgan fingerprint density at radius 1 is 1.29 bits per heavy atom. The van der Waals surface area contributed by atoms with Crippen molar-refractivity contribution >= 4 is 11.7 Å². The molecule has 0 spiro atoms. The standard InChI is InChI=1S/C19H19N3O2/c1-24-18-7-5-15(6-8-18)16-9-10-22(13-16)19(23)21-17-4-2-3-14(11-17)12-20/h2-8,11,16H,9-10,13H2,1H3,(H,21,23). The van der Waals surface area contributed by atoms with Crippen LogP contribution in [0.1, 0.15) is 23.5 Å². The average molecular weight is 321 g/mol. The number of carbonyl (C=O) groups is 1. The van der Waals surface area contributed by atoms with Crippen LogP contribution >= 0.6 is 0 Å². The number of amides is 2. The van der Waals surface area contributed by atoms with Crippen molar-refractivity contribution in [2.24, 2.45) is 0 Å². The van der Waals surface area contributed by atoms with Gasteiger partial charge in [0.25, 0.3) is 0 Å². The van der Waals surface area contributed by atoms with Crippen LogP contribution in [-0.4, -0.2) is 31.1 Å². The van der Waals surface area contributed by atoms with Gasteiger partial charge >= 0.3 is 6.03 Å². The summed E-state index contributed by atoms with van der Waals surface area (Å²) < 4.78 is 5.18. The largest absolute Gasteiger partial charge is 0.497 e. The van der Waals surface area contributed by atoms with Gasteiger partial charge in [-0.2, -0.15) is 5.26 Å². The highest BCUT2D eigenvalue weighted by molar-refractivity contribution is 5.89. The molecule has 2 aromatic rings. The average Bonchev–Trinajstić information content (AvgIpc) is 3.12. The van der Waals surface area contributed by atoms with Crippen molar-refractivity contribution in [2.75, 3.05) is 25.5 Å². The van der Waals surface area contributed by atoms with E-state index in [-0.39, 0.29) is 6.03 Å². The van der Waals surface area contributed by atoms with E-state index in [0.29, 0.717) is 23.7 Å². The van der Waals surface area contributed by atoms with Crippen LogP contribution in [0.4, 0.5) is 10.5 Å². The molecule has 1 aliphatic rings. The summed E-state index contributed by atoms with van der Waals surface area (Å²) in [6, 6.07) is 16.9. The maximum absolute atomic E-state index is 12.4. The summed E-state index contributed by atoms with van der Waals surface area (Å²) in [4.78, 5) is 14.2. The Labute approximate surface area is 141 Å². The topological polar surface area (TPSA) is 65.4 Å². The zero-order valence-electron chi connectivity index (χ0n) is 13.5. The molecule has 1 heterocycles. The van der Waals surface area contributed by atoms with Gasteiger partial charge in [0.1, 0.15) is 5.75 Å². The van der Waals surface area contributed by atoms with E-state index in [2.05, 4.69) is 23.5 Å². The first kappa shape index (κ1) is 15.9. The summed E-state index contributed by atoms with van der Waals surface area (Å²) in [6.45, 7) is 1.41. The van der Waals surface area contributed by atoms with Crippen molar-refractivity contribution in [1.29, 1.82) is 5.26 Å². The summed E-state index contributed by atoms with van der Waals surface area (Å²) >= 11 is 0. The van der Waals surface area contributed by atoms with Crippen LogP contribution in [0.25, 0.3) is 0 Å². The van der Waals surface area contributed by atoms with Crippen molar-refractivity contribution in [3.05, 3.63) is 59.7 Å². The first-order valence-electron chi connectivity index (χ1n) is 7.89. The van der Waals surface area contributed by atoms with E-state index in [1.807, 2.05) is 17.0 Å². The fraction of sp³-hybridized carbons (Fsp3) is 0.263. The SMILES string of the molecule is COc1ccc(C2CCN(C(=O)Nc3cccc(C#N)c3)C2)cc1. The molecule has 0 radical (unpaired) electrons. The van der Waals surface area contributed by atoms with E-state index in [9.17, 15) is 4.79 Å². The number of nitrogens with zero attached hydrogens (tertiary/aromatic N) is 2. The number of likely N-dealkylation sites (tertiary alicyclic amines) is 1. The number of methoxy groups -OCH3 is 1. The van der Waals surface area contributed by atoms with Crippen LogP contribution in [0.5, 0.6) is 5.75 Å². The number of ether oxygens (including phenoxy) is 1. The minimum atomic E-state index is -0.124. The molecule has 1 saturated heterocycles. The summed E-state index contributed by atoms with van der Waals surface area (Å²) in [6.07, 6.45) is 0.942. The van der Waals surface area contributed by atoms with Gasteiger partial charge in [0.05, 0.1) is 18.7 Å². The number of benzene rings is 2. The summed E-state index contributed by atoms with van der Waals surface area (Å²) in [5.41, 5.74) is 2.40. The van der Waals surface area contributed by atoms with E-state index in [1.165, 1.54) is 5.56 Å². The van der Waals surface area contributed by atoms with Gasteiger partial charge in [0.15, 0.2) is 0 Å².